The molecule has 1 aromatic carbocycles. The largest absolute Gasteiger partial charge is 0.207 e. The fourth-order valence-corrected chi connectivity index (χ4v) is 2.68. The van der Waals surface area contributed by atoms with Gasteiger partial charge >= 0.3 is 0 Å². The normalized spacial score (nSPS) is 27.8. The molecule has 1 aliphatic carbocycles. The number of nitriles is 1. The van der Waals surface area contributed by atoms with Crippen LogP contribution in [0.1, 0.15) is 38.2 Å². The minimum Gasteiger partial charge on any atom is -0.207 e. The lowest BCUT2D eigenvalue weighted by atomic mass is 9.68. The molecule has 0 heterocycles. The van der Waals surface area contributed by atoms with Crippen molar-refractivity contribution in [2.75, 3.05) is 0 Å². The summed E-state index contributed by atoms with van der Waals surface area (Å²) < 4.78 is 27.3. The van der Waals surface area contributed by atoms with Crippen LogP contribution in [0, 0.1) is 34.3 Å². The molecule has 1 nitrogen and oxygen atoms in total. The van der Waals surface area contributed by atoms with Crippen molar-refractivity contribution < 1.29 is 8.78 Å². The molecule has 1 fully saturated rings. The Hall–Kier alpha value is -1.43. The molecule has 96 valence electrons. The highest BCUT2D eigenvalue weighted by Crippen LogP contribution is 2.41. The summed E-state index contributed by atoms with van der Waals surface area (Å²) in [5.41, 5.74) is -0.524. The van der Waals surface area contributed by atoms with Gasteiger partial charge in [0.25, 0.3) is 0 Å². The summed E-state index contributed by atoms with van der Waals surface area (Å²) in [6, 6.07) is 6.18. The van der Waals surface area contributed by atoms with Crippen LogP contribution in [0.15, 0.2) is 18.2 Å². The van der Waals surface area contributed by atoms with Crippen LogP contribution in [-0.4, -0.2) is 0 Å². The van der Waals surface area contributed by atoms with E-state index in [4.69, 9.17) is 0 Å². The smallest absolute Gasteiger partial charge is 0.129 e. The van der Waals surface area contributed by atoms with Crippen LogP contribution < -0.4 is 0 Å². The molecular weight excluding hydrogens is 232 g/mol. The van der Waals surface area contributed by atoms with Gasteiger partial charge in [0.1, 0.15) is 11.6 Å². The third-order valence-corrected chi connectivity index (χ3v) is 4.05. The van der Waals surface area contributed by atoms with Gasteiger partial charge in [0.2, 0.25) is 0 Å². The minimum atomic E-state index is -0.588. The number of benzene rings is 1. The number of rotatable bonds is 2. The minimum absolute atomic E-state index is 0.0635. The molecule has 1 aromatic rings. The predicted octanol–water partition coefficient (Wildman–Crippen LogP) is 4.23. The topological polar surface area (TPSA) is 23.8 Å². The first-order valence-corrected chi connectivity index (χ1v) is 6.40. The molecule has 0 saturated heterocycles. The van der Waals surface area contributed by atoms with E-state index in [0.29, 0.717) is 5.92 Å². The third kappa shape index (κ3) is 2.53. The zero-order valence-electron chi connectivity index (χ0n) is 10.5. The molecule has 18 heavy (non-hydrogen) atoms. The Morgan fingerprint density at radius 1 is 1.28 bits per heavy atom. The number of nitrogens with zero attached hydrogens (tertiary/aromatic N) is 1. The first-order valence-electron chi connectivity index (χ1n) is 6.40. The highest BCUT2D eigenvalue weighted by molar-refractivity contribution is 5.23. The highest BCUT2D eigenvalue weighted by Gasteiger charge is 2.35. The SMILES string of the molecule is CC1CCC(C#N)(Cc2c(F)cccc2F)CC1. The average Bonchev–Trinajstić information content (AvgIpc) is 2.37. The fraction of sp³-hybridized carbons (Fsp3) is 0.533. The summed E-state index contributed by atoms with van der Waals surface area (Å²) in [6.45, 7) is 2.16. The zero-order chi connectivity index (χ0) is 13.2. The lowest BCUT2D eigenvalue weighted by Crippen LogP contribution is -2.28. The number of hydrogen-bond donors (Lipinski definition) is 0. The monoisotopic (exact) mass is 249 g/mol. The Kier molecular flexibility index (Phi) is 3.65. The van der Waals surface area contributed by atoms with E-state index in [1.807, 2.05) is 0 Å². The zero-order valence-corrected chi connectivity index (χ0v) is 10.5. The average molecular weight is 249 g/mol. The molecule has 1 aliphatic rings. The van der Waals surface area contributed by atoms with E-state index in [1.165, 1.54) is 18.2 Å². The van der Waals surface area contributed by atoms with Gasteiger partial charge in [-0.15, -0.1) is 0 Å². The molecule has 0 aromatic heterocycles. The Morgan fingerprint density at radius 2 is 1.83 bits per heavy atom. The molecule has 0 atom stereocenters. The summed E-state index contributed by atoms with van der Waals surface area (Å²) in [5, 5.41) is 9.38. The summed E-state index contributed by atoms with van der Waals surface area (Å²) in [7, 11) is 0. The van der Waals surface area contributed by atoms with E-state index in [0.717, 1.165) is 25.7 Å². The Labute approximate surface area is 106 Å². The second-order valence-corrected chi connectivity index (χ2v) is 5.45. The van der Waals surface area contributed by atoms with Gasteiger partial charge in [0, 0.05) is 5.56 Å². The quantitative estimate of drug-likeness (QED) is 0.769. The molecule has 0 spiro atoms. The number of halogens is 2. The first kappa shape index (κ1) is 13.0. The molecule has 0 amide bonds. The van der Waals surface area contributed by atoms with Crippen molar-refractivity contribution in [3.05, 3.63) is 35.4 Å². The Balaban J connectivity index is 2.24. The van der Waals surface area contributed by atoms with Crippen molar-refractivity contribution in [1.82, 2.24) is 0 Å². The molecular formula is C15H17F2N. The molecule has 2 rings (SSSR count). The standard InChI is InChI=1S/C15H17F2N/c1-11-5-7-15(10-18,8-6-11)9-12-13(16)3-2-4-14(12)17/h2-4,11H,5-9H2,1H3. The maximum absolute atomic E-state index is 13.6. The number of hydrogen-bond acceptors (Lipinski definition) is 1. The fourth-order valence-electron chi connectivity index (χ4n) is 2.68. The van der Waals surface area contributed by atoms with Gasteiger partial charge in [-0.05, 0) is 50.2 Å². The van der Waals surface area contributed by atoms with E-state index >= 15 is 0 Å². The summed E-state index contributed by atoms with van der Waals surface area (Å²) in [6.07, 6.45) is 3.58. The van der Waals surface area contributed by atoms with Crippen LogP contribution in [0.4, 0.5) is 8.78 Å². The predicted molar refractivity (Wildman–Crippen MR) is 65.7 cm³/mol. The molecule has 0 radical (unpaired) electrons. The Bertz CT molecular complexity index is 448. The van der Waals surface area contributed by atoms with Gasteiger partial charge in [-0.2, -0.15) is 5.26 Å². The maximum atomic E-state index is 13.6. The lowest BCUT2D eigenvalue weighted by Gasteiger charge is -2.33. The van der Waals surface area contributed by atoms with Crippen molar-refractivity contribution in [3.63, 3.8) is 0 Å². The van der Waals surface area contributed by atoms with Crippen molar-refractivity contribution in [2.24, 2.45) is 11.3 Å². The Morgan fingerprint density at radius 3 is 2.33 bits per heavy atom. The molecule has 0 aliphatic heterocycles. The molecule has 0 unspecified atom stereocenters. The van der Waals surface area contributed by atoms with Crippen LogP contribution in [0.25, 0.3) is 0 Å². The van der Waals surface area contributed by atoms with E-state index in [9.17, 15) is 14.0 Å². The van der Waals surface area contributed by atoms with Crippen LogP contribution in [0.3, 0.4) is 0 Å². The van der Waals surface area contributed by atoms with E-state index < -0.39 is 17.0 Å². The van der Waals surface area contributed by atoms with Gasteiger partial charge in [-0.3, -0.25) is 0 Å². The molecule has 0 N–H and O–H groups in total. The van der Waals surface area contributed by atoms with Gasteiger partial charge < -0.3 is 0 Å². The van der Waals surface area contributed by atoms with Crippen molar-refractivity contribution in [2.45, 2.75) is 39.0 Å². The van der Waals surface area contributed by atoms with Gasteiger partial charge in [-0.25, -0.2) is 8.78 Å². The molecule has 0 bridgehead atoms. The second kappa shape index (κ2) is 5.06. The van der Waals surface area contributed by atoms with Crippen molar-refractivity contribution in [1.29, 1.82) is 5.26 Å². The maximum Gasteiger partial charge on any atom is 0.129 e. The van der Waals surface area contributed by atoms with Gasteiger partial charge in [0.15, 0.2) is 0 Å². The molecule has 3 heteroatoms. The van der Waals surface area contributed by atoms with Crippen LogP contribution in [0.2, 0.25) is 0 Å². The lowest BCUT2D eigenvalue weighted by molar-refractivity contribution is 0.215. The van der Waals surface area contributed by atoms with Crippen LogP contribution in [0.5, 0.6) is 0 Å². The summed E-state index contributed by atoms with van der Waals surface area (Å²) >= 11 is 0. The van der Waals surface area contributed by atoms with Crippen LogP contribution >= 0.6 is 0 Å². The third-order valence-electron chi connectivity index (χ3n) is 4.05. The first-order chi connectivity index (χ1) is 8.56. The van der Waals surface area contributed by atoms with Crippen molar-refractivity contribution in [3.8, 4) is 6.07 Å². The van der Waals surface area contributed by atoms with E-state index in [-0.39, 0.29) is 12.0 Å². The highest BCUT2D eigenvalue weighted by atomic mass is 19.1. The van der Waals surface area contributed by atoms with E-state index in [1.54, 1.807) is 0 Å². The second-order valence-electron chi connectivity index (χ2n) is 5.45. The van der Waals surface area contributed by atoms with Crippen LogP contribution in [-0.2, 0) is 6.42 Å². The van der Waals surface area contributed by atoms with E-state index in [2.05, 4.69) is 13.0 Å². The van der Waals surface area contributed by atoms with Gasteiger partial charge in [0.05, 0.1) is 11.5 Å². The summed E-state index contributed by atoms with van der Waals surface area (Å²) in [5.74, 6) is -0.469. The van der Waals surface area contributed by atoms with Gasteiger partial charge in [-0.1, -0.05) is 13.0 Å². The van der Waals surface area contributed by atoms with Crippen molar-refractivity contribution >= 4 is 0 Å². The summed E-state index contributed by atoms with van der Waals surface area (Å²) in [4.78, 5) is 0. The molecule has 1 saturated carbocycles.